The number of pyridine rings is 1. The lowest BCUT2D eigenvalue weighted by atomic mass is 10.0. The van der Waals surface area contributed by atoms with Crippen molar-refractivity contribution in [3.05, 3.63) is 54.4 Å². The number of aliphatic hydroxyl groups excluding tert-OH is 1. The first-order valence-corrected chi connectivity index (χ1v) is 8.61. The normalized spacial score (nSPS) is 15.7. The zero-order chi connectivity index (χ0) is 17.5. The van der Waals surface area contributed by atoms with E-state index < -0.39 is 12.5 Å². The summed E-state index contributed by atoms with van der Waals surface area (Å²) < 4.78 is 0. The predicted molar refractivity (Wildman–Crippen MR) is 98.3 cm³/mol. The van der Waals surface area contributed by atoms with Crippen LogP contribution in [0, 0.1) is 0 Å². The quantitative estimate of drug-likeness (QED) is 0.751. The Hall–Kier alpha value is -2.44. The monoisotopic (exact) mass is 340 g/mol. The van der Waals surface area contributed by atoms with E-state index >= 15 is 0 Å². The Morgan fingerprint density at radius 1 is 1.20 bits per heavy atom. The van der Waals surface area contributed by atoms with Crippen molar-refractivity contribution in [3.63, 3.8) is 0 Å². The van der Waals surface area contributed by atoms with E-state index in [1.807, 2.05) is 36.5 Å². The Morgan fingerprint density at radius 2 is 2.00 bits per heavy atom. The van der Waals surface area contributed by atoms with Crippen LogP contribution in [-0.2, 0) is 11.3 Å². The molecule has 0 saturated carbocycles. The van der Waals surface area contributed by atoms with Gasteiger partial charge in [-0.05, 0) is 42.7 Å². The van der Waals surface area contributed by atoms with Gasteiger partial charge in [-0.25, -0.2) is 0 Å². The fourth-order valence-electron chi connectivity index (χ4n) is 3.11. The number of aromatic nitrogens is 1. The summed E-state index contributed by atoms with van der Waals surface area (Å²) >= 11 is 0. The number of rotatable bonds is 6. The molecule has 3 rings (SSSR count). The lowest BCUT2D eigenvalue weighted by molar-refractivity contribution is -0.118. The third-order valence-electron chi connectivity index (χ3n) is 4.38. The van der Waals surface area contributed by atoms with Gasteiger partial charge in [0.1, 0.15) is 6.61 Å². The molecule has 1 aliphatic heterocycles. The molecule has 2 heterocycles. The van der Waals surface area contributed by atoms with Crippen molar-refractivity contribution in [2.75, 3.05) is 30.3 Å². The molecule has 0 radical (unpaired) electrons. The molecule has 1 aliphatic rings. The highest BCUT2D eigenvalue weighted by Gasteiger charge is 2.19. The fourth-order valence-corrected chi connectivity index (χ4v) is 3.11. The van der Waals surface area contributed by atoms with E-state index in [1.165, 1.54) is 5.56 Å². The van der Waals surface area contributed by atoms with Gasteiger partial charge in [0.2, 0.25) is 5.91 Å². The Kier molecular flexibility index (Phi) is 5.98. The minimum atomic E-state index is -0.507. The number of amides is 1. The van der Waals surface area contributed by atoms with Crippen molar-refractivity contribution in [3.8, 4) is 0 Å². The molecule has 0 aliphatic carbocycles. The molecular weight excluding hydrogens is 316 g/mol. The fraction of sp³-hybridized carbons (Fsp3) is 0.368. The number of nitrogens with zero attached hydrogens (tertiary/aromatic N) is 2. The number of likely N-dealkylation sites (tertiary alicyclic amines) is 1. The predicted octanol–water partition coefficient (Wildman–Crippen LogP) is 2.09. The largest absolute Gasteiger partial charge is 0.387 e. The Labute approximate surface area is 147 Å². The van der Waals surface area contributed by atoms with Crippen LogP contribution in [0.15, 0.2) is 48.8 Å². The van der Waals surface area contributed by atoms with Gasteiger partial charge in [-0.1, -0.05) is 12.1 Å². The number of piperidine rings is 1. The van der Waals surface area contributed by atoms with E-state index in [-0.39, 0.29) is 0 Å². The van der Waals surface area contributed by atoms with Crippen LogP contribution in [0.1, 0.15) is 18.4 Å². The smallest absolute Gasteiger partial charge is 0.250 e. The third-order valence-corrected chi connectivity index (χ3v) is 4.38. The van der Waals surface area contributed by atoms with Crippen LogP contribution in [0.2, 0.25) is 0 Å². The Balaban J connectivity index is 1.49. The first-order chi connectivity index (χ1) is 12.2. The van der Waals surface area contributed by atoms with Crippen LogP contribution < -0.4 is 10.6 Å². The van der Waals surface area contributed by atoms with Gasteiger partial charge in [-0.3, -0.25) is 14.7 Å². The highest BCUT2D eigenvalue weighted by molar-refractivity contribution is 5.91. The average molecular weight is 340 g/mol. The van der Waals surface area contributed by atoms with Crippen molar-refractivity contribution in [1.29, 1.82) is 0 Å². The first-order valence-electron chi connectivity index (χ1n) is 8.61. The van der Waals surface area contributed by atoms with Crippen molar-refractivity contribution in [2.24, 2.45) is 0 Å². The molecule has 3 N–H and O–H groups in total. The van der Waals surface area contributed by atoms with Crippen LogP contribution in [0.25, 0.3) is 0 Å². The number of hydrogen-bond acceptors (Lipinski definition) is 5. The molecule has 6 heteroatoms. The van der Waals surface area contributed by atoms with E-state index in [1.54, 1.807) is 6.20 Å². The van der Waals surface area contributed by atoms with E-state index in [0.717, 1.165) is 38.2 Å². The standard InChI is InChI=1S/C19H24N4O2/c24-14-19(25)22-18-5-1-4-17(11-18)21-16-6-9-23(10-7-16)13-15-3-2-8-20-12-15/h1-5,8,11-12,16,21,24H,6-7,9-10,13-14H2,(H,22,25). The van der Waals surface area contributed by atoms with Gasteiger partial charge in [-0.2, -0.15) is 0 Å². The number of hydrogen-bond donors (Lipinski definition) is 3. The summed E-state index contributed by atoms with van der Waals surface area (Å²) in [6.45, 7) is 2.54. The molecular formula is C19H24N4O2. The molecule has 6 nitrogen and oxygen atoms in total. The molecule has 0 bridgehead atoms. The second kappa shape index (κ2) is 8.60. The van der Waals surface area contributed by atoms with E-state index in [2.05, 4.69) is 26.6 Å². The molecule has 1 amide bonds. The summed E-state index contributed by atoms with van der Waals surface area (Å²) in [7, 11) is 0. The Bertz CT molecular complexity index is 685. The zero-order valence-corrected chi connectivity index (χ0v) is 14.2. The molecule has 25 heavy (non-hydrogen) atoms. The van der Waals surface area contributed by atoms with Gasteiger partial charge < -0.3 is 15.7 Å². The summed E-state index contributed by atoms with van der Waals surface area (Å²) in [5.74, 6) is -0.402. The van der Waals surface area contributed by atoms with Gasteiger partial charge in [0.05, 0.1) is 0 Å². The summed E-state index contributed by atoms with van der Waals surface area (Å²) in [4.78, 5) is 17.9. The van der Waals surface area contributed by atoms with Gasteiger partial charge >= 0.3 is 0 Å². The third kappa shape index (κ3) is 5.27. The van der Waals surface area contributed by atoms with Crippen LogP contribution in [0.4, 0.5) is 11.4 Å². The maximum Gasteiger partial charge on any atom is 0.250 e. The highest BCUT2D eigenvalue weighted by atomic mass is 16.3. The zero-order valence-electron chi connectivity index (χ0n) is 14.2. The summed E-state index contributed by atoms with van der Waals surface area (Å²) in [6.07, 6.45) is 5.88. The second-order valence-corrected chi connectivity index (χ2v) is 6.34. The highest BCUT2D eigenvalue weighted by Crippen LogP contribution is 2.20. The van der Waals surface area contributed by atoms with Crippen molar-refractivity contribution in [2.45, 2.75) is 25.4 Å². The van der Waals surface area contributed by atoms with Gasteiger partial charge in [-0.15, -0.1) is 0 Å². The minimum Gasteiger partial charge on any atom is -0.387 e. The molecule has 0 atom stereocenters. The molecule has 132 valence electrons. The first kappa shape index (κ1) is 17.4. The van der Waals surface area contributed by atoms with Gasteiger partial charge in [0.15, 0.2) is 0 Å². The molecule has 1 saturated heterocycles. The maximum absolute atomic E-state index is 11.3. The molecule has 2 aromatic rings. The average Bonchev–Trinajstić information content (AvgIpc) is 2.64. The number of nitrogens with one attached hydrogen (secondary N) is 2. The second-order valence-electron chi connectivity index (χ2n) is 6.34. The lowest BCUT2D eigenvalue weighted by Crippen LogP contribution is -2.38. The summed E-state index contributed by atoms with van der Waals surface area (Å²) in [6, 6.07) is 12.1. The van der Waals surface area contributed by atoms with Crippen LogP contribution in [-0.4, -0.2) is 46.6 Å². The van der Waals surface area contributed by atoms with Gasteiger partial charge in [0.25, 0.3) is 0 Å². The van der Waals surface area contributed by atoms with Crippen molar-refractivity contribution >= 4 is 17.3 Å². The number of carbonyl (C=O) groups excluding carboxylic acids is 1. The molecule has 1 aromatic heterocycles. The van der Waals surface area contributed by atoms with E-state index in [4.69, 9.17) is 5.11 Å². The maximum atomic E-state index is 11.3. The lowest BCUT2D eigenvalue weighted by Gasteiger charge is -2.32. The number of anilines is 2. The summed E-state index contributed by atoms with van der Waals surface area (Å²) in [5, 5.41) is 15.0. The Morgan fingerprint density at radius 3 is 2.72 bits per heavy atom. The SMILES string of the molecule is O=C(CO)Nc1cccc(NC2CCN(Cc3cccnc3)CC2)c1. The number of aliphatic hydroxyl groups is 1. The van der Waals surface area contributed by atoms with E-state index in [0.29, 0.717) is 11.7 Å². The molecule has 0 unspecified atom stereocenters. The minimum absolute atomic E-state index is 0.402. The topological polar surface area (TPSA) is 77.5 Å². The number of benzene rings is 1. The van der Waals surface area contributed by atoms with Crippen LogP contribution in [0.5, 0.6) is 0 Å². The summed E-state index contributed by atoms with van der Waals surface area (Å²) in [5.41, 5.74) is 2.93. The van der Waals surface area contributed by atoms with Crippen LogP contribution in [0.3, 0.4) is 0 Å². The van der Waals surface area contributed by atoms with Crippen molar-refractivity contribution in [1.82, 2.24) is 9.88 Å². The van der Waals surface area contributed by atoms with Gasteiger partial charge in [0, 0.05) is 49.4 Å². The number of carbonyl (C=O) groups is 1. The van der Waals surface area contributed by atoms with E-state index in [9.17, 15) is 4.79 Å². The molecule has 1 fully saturated rings. The molecule has 1 aromatic carbocycles. The molecule has 0 spiro atoms. The van der Waals surface area contributed by atoms with Crippen LogP contribution >= 0.6 is 0 Å². The van der Waals surface area contributed by atoms with Crippen molar-refractivity contribution < 1.29 is 9.90 Å².